The van der Waals surface area contributed by atoms with Crippen LogP contribution in [-0.2, 0) is 16.1 Å². The van der Waals surface area contributed by atoms with Gasteiger partial charge in [-0.2, -0.15) is 0 Å². The van der Waals surface area contributed by atoms with Gasteiger partial charge in [-0.05, 0) is 38.5 Å². The highest BCUT2D eigenvalue weighted by atomic mass is 16.6. The molecular weight excluding hydrogens is 278 g/mol. The van der Waals surface area contributed by atoms with Crippen molar-refractivity contribution in [1.29, 1.82) is 0 Å². The standard InChI is InChI=1S/C14H19NO6/c1-14(2,3)21-13(20)15-11(12(18)19)8-4-5-10(17)9(6-8)7-16/h4-6,11,16-17H,7H2,1-3H3,(H,15,20)(H,18,19). The summed E-state index contributed by atoms with van der Waals surface area (Å²) in [5.41, 5.74) is -0.363. The Morgan fingerprint density at radius 1 is 1.33 bits per heavy atom. The van der Waals surface area contributed by atoms with Gasteiger partial charge in [-0.3, -0.25) is 0 Å². The van der Waals surface area contributed by atoms with Crippen LogP contribution in [0, 0.1) is 0 Å². The second-order valence-corrected chi connectivity index (χ2v) is 5.46. The minimum atomic E-state index is -1.34. The van der Waals surface area contributed by atoms with Crippen molar-refractivity contribution < 1.29 is 29.6 Å². The molecule has 1 amide bonds. The van der Waals surface area contributed by atoms with Gasteiger partial charge in [-0.1, -0.05) is 6.07 Å². The Morgan fingerprint density at radius 3 is 2.43 bits per heavy atom. The fourth-order valence-corrected chi connectivity index (χ4v) is 1.62. The van der Waals surface area contributed by atoms with Gasteiger partial charge >= 0.3 is 12.1 Å². The highest BCUT2D eigenvalue weighted by Gasteiger charge is 2.26. The number of carbonyl (C=O) groups is 2. The van der Waals surface area contributed by atoms with E-state index in [1.807, 2.05) is 0 Å². The average Bonchev–Trinajstić information content (AvgIpc) is 2.34. The first-order chi connectivity index (χ1) is 9.64. The van der Waals surface area contributed by atoms with Gasteiger partial charge in [0.1, 0.15) is 11.4 Å². The Hall–Kier alpha value is -2.28. The summed E-state index contributed by atoms with van der Waals surface area (Å²) in [5.74, 6) is -1.43. The van der Waals surface area contributed by atoms with E-state index in [1.165, 1.54) is 18.2 Å². The van der Waals surface area contributed by atoms with E-state index < -0.39 is 30.3 Å². The molecule has 1 rings (SSSR count). The van der Waals surface area contributed by atoms with Crippen LogP contribution in [0.5, 0.6) is 5.75 Å². The molecule has 0 aromatic heterocycles. The minimum absolute atomic E-state index is 0.150. The number of hydrogen-bond donors (Lipinski definition) is 4. The summed E-state index contributed by atoms with van der Waals surface area (Å²) in [4.78, 5) is 23.0. The number of aliphatic hydroxyl groups is 1. The first-order valence-corrected chi connectivity index (χ1v) is 6.29. The maximum absolute atomic E-state index is 11.7. The van der Waals surface area contributed by atoms with E-state index in [1.54, 1.807) is 20.8 Å². The number of amides is 1. The van der Waals surface area contributed by atoms with Gasteiger partial charge < -0.3 is 25.4 Å². The van der Waals surface area contributed by atoms with Gasteiger partial charge in [0.25, 0.3) is 0 Å². The molecule has 4 N–H and O–H groups in total. The SMILES string of the molecule is CC(C)(C)OC(=O)NC(C(=O)O)c1ccc(O)c(CO)c1. The zero-order chi connectivity index (χ0) is 16.2. The van der Waals surface area contributed by atoms with Crippen molar-refractivity contribution in [3.63, 3.8) is 0 Å². The summed E-state index contributed by atoms with van der Waals surface area (Å²) in [5, 5.41) is 30.0. The minimum Gasteiger partial charge on any atom is -0.508 e. The van der Waals surface area contributed by atoms with Crippen LogP contribution in [0.2, 0.25) is 0 Å². The smallest absolute Gasteiger partial charge is 0.408 e. The van der Waals surface area contributed by atoms with Crippen molar-refractivity contribution in [2.45, 2.75) is 39.0 Å². The largest absolute Gasteiger partial charge is 0.508 e. The number of aromatic hydroxyl groups is 1. The van der Waals surface area contributed by atoms with Gasteiger partial charge in [0, 0.05) is 5.56 Å². The van der Waals surface area contributed by atoms with Crippen LogP contribution in [0.4, 0.5) is 4.79 Å². The lowest BCUT2D eigenvalue weighted by Gasteiger charge is -2.22. The summed E-state index contributed by atoms with van der Waals surface area (Å²) < 4.78 is 5.01. The van der Waals surface area contributed by atoms with Crippen molar-refractivity contribution in [2.75, 3.05) is 0 Å². The molecule has 0 aliphatic carbocycles. The summed E-state index contributed by atoms with van der Waals surface area (Å²) in [6.07, 6.45) is -0.867. The zero-order valence-corrected chi connectivity index (χ0v) is 12.1. The van der Waals surface area contributed by atoms with E-state index in [0.717, 1.165) is 0 Å². The van der Waals surface area contributed by atoms with Gasteiger partial charge in [0.05, 0.1) is 6.61 Å². The van der Waals surface area contributed by atoms with Crippen LogP contribution >= 0.6 is 0 Å². The number of carboxylic acids is 1. The number of nitrogens with one attached hydrogen (secondary N) is 1. The molecule has 1 unspecified atom stereocenters. The molecule has 7 nitrogen and oxygen atoms in total. The molecule has 7 heteroatoms. The maximum atomic E-state index is 11.7. The molecule has 0 aliphatic rings. The van der Waals surface area contributed by atoms with Gasteiger partial charge in [-0.25, -0.2) is 9.59 Å². The molecule has 1 atom stereocenters. The number of benzene rings is 1. The molecule has 0 saturated heterocycles. The number of aliphatic carboxylic acids is 1. The lowest BCUT2D eigenvalue weighted by Crippen LogP contribution is -2.38. The molecule has 116 valence electrons. The van der Waals surface area contributed by atoms with Crippen LogP contribution in [0.25, 0.3) is 0 Å². The molecule has 0 saturated carbocycles. The van der Waals surface area contributed by atoms with Crippen molar-refractivity contribution in [3.05, 3.63) is 29.3 Å². The number of carbonyl (C=O) groups excluding carboxylic acids is 1. The number of hydrogen-bond acceptors (Lipinski definition) is 5. The van der Waals surface area contributed by atoms with E-state index in [2.05, 4.69) is 5.32 Å². The molecule has 0 heterocycles. The van der Waals surface area contributed by atoms with Crippen molar-refractivity contribution >= 4 is 12.1 Å². The van der Waals surface area contributed by atoms with Crippen LogP contribution in [0.1, 0.15) is 37.9 Å². The molecule has 21 heavy (non-hydrogen) atoms. The number of phenols is 1. The quantitative estimate of drug-likeness (QED) is 0.670. The lowest BCUT2D eigenvalue weighted by atomic mass is 10.0. The van der Waals surface area contributed by atoms with Gasteiger partial charge in [0.2, 0.25) is 0 Å². The molecule has 0 aliphatic heterocycles. The fourth-order valence-electron chi connectivity index (χ4n) is 1.62. The number of aliphatic hydroxyl groups excluding tert-OH is 1. The third-order valence-corrected chi connectivity index (χ3v) is 2.52. The molecule has 1 aromatic carbocycles. The molecule has 0 radical (unpaired) electrons. The Morgan fingerprint density at radius 2 is 1.95 bits per heavy atom. The summed E-state index contributed by atoms with van der Waals surface area (Å²) in [6, 6.07) is 2.58. The van der Waals surface area contributed by atoms with Crippen LogP contribution in [0.15, 0.2) is 18.2 Å². The predicted molar refractivity (Wildman–Crippen MR) is 73.8 cm³/mol. The topological polar surface area (TPSA) is 116 Å². The summed E-state index contributed by atoms with van der Waals surface area (Å²) >= 11 is 0. The van der Waals surface area contributed by atoms with Crippen molar-refractivity contribution in [1.82, 2.24) is 5.32 Å². The molecule has 0 bridgehead atoms. The second kappa shape index (κ2) is 6.45. The number of ether oxygens (including phenoxy) is 1. The summed E-state index contributed by atoms with van der Waals surface area (Å²) in [7, 11) is 0. The number of alkyl carbamates (subject to hydrolysis) is 1. The summed E-state index contributed by atoms with van der Waals surface area (Å²) in [6.45, 7) is 4.53. The van der Waals surface area contributed by atoms with Crippen LogP contribution < -0.4 is 5.32 Å². The predicted octanol–water partition coefficient (Wildman–Crippen LogP) is 1.53. The Labute approximate surface area is 122 Å². The number of carboxylic acid groups (broad SMARTS) is 1. The van der Waals surface area contributed by atoms with Crippen LogP contribution in [0.3, 0.4) is 0 Å². The Balaban J connectivity index is 2.97. The van der Waals surface area contributed by atoms with Gasteiger partial charge in [0.15, 0.2) is 6.04 Å². The van der Waals surface area contributed by atoms with Crippen molar-refractivity contribution in [2.24, 2.45) is 0 Å². The van der Waals surface area contributed by atoms with Crippen LogP contribution in [-0.4, -0.2) is 33.0 Å². The fraction of sp³-hybridized carbons (Fsp3) is 0.429. The maximum Gasteiger partial charge on any atom is 0.408 e. The zero-order valence-electron chi connectivity index (χ0n) is 12.1. The van der Waals surface area contributed by atoms with E-state index in [-0.39, 0.29) is 16.9 Å². The van der Waals surface area contributed by atoms with Crippen molar-refractivity contribution in [3.8, 4) is 5.75 Å². The Bertz CT molecular complexity index is 535. The van der Waals surface area contributed by atoms with E-state index in [4.69, 9.17) is 9.84 Å². The Kier molecular flexibility index (Phi) is 5.15. The third-order valence-electron chi connectivity index (χ3n) is 2.52. The number of rotatable bonds is 4. The normalized spacial score (nSPS) is 12.6. The van der Waals surface area contributed by atoms with Gasteiger partial charge in [-0.15, -0.1) is 0 Å². The third kappa shape index (κ3) is 4.96. The molecular formula is C14H19NO6. The first-order valence-electron chi connectivity index (χ1n) is 6.29. The lowest BCUT2D eigenvalue weighted by molar-refractivity contribution is -0.139. The second-order valence-electron chi connectivity index (χ2n) is 5.46. The molecule has 1 aromatic rings. The van der Waals surface area contributed by atoms with E-state index in [9.17, 15) is 19.8 Å². The molecule has 0 spiro atoms. The highest BCUT2D eigenvalue weighted by Crippen LogP contribution is 2.23. The monoisotopic (exact) mass is 297 g/mol. The van der Waals surface area contributed by atoms with E-state index in [0.29, 0.717) is 0 Å². The first kappa shape index (κ1) is 16.8. The highest BCUT2D eigenvalue weighted by molar-refractivity contribution is 5.81. The average molecular weight is 297 g/mol. The van der Waals surface area contributed by atoms with E-state index >= 15 is 0 Å². The molecule has 0 fully saturated rings.